The summed E-state index contributed by atoms with van der Waals surface area (Å²) in [7, 11) is 1.35. The third-order valence-corrected chi connectivity index (χ3v) is 3.75. The Kier molecular flexibility index (Phi) is 5.52. The van der Waals surface area contributed by atoms with E-state index in [2.05, 4.69) is 5.32 Å². The van der Waals surface area contributed by atoms with Crippen LogP contribution in [0.5, 0.6) is 5.75 Å². The molecule has 0 aromatic heterocycles. The van der Waals surface area contributed by atoms with Crippen LogP contribution in [0.3, 0.4) is 0 Å². The van der Waals surface area contributed by atoms with Crippen LogP contribution in [0.1, 0.15) is 35.8 Å². The minimum absolute atomic E-state index is 0.125. The summed E-state index contributed by atoms with van der Waals surface area (Å²) in [5.41, 5.74) is 0.985. The van der Waals surface area contributed by atoms with Crippen LogP contribution in [0.2, 0.25) is 0 Å². The fourth-order valence-corrected chi connectivity index (χ4v) is 2.49. The fourth-order valence-electron chi connectivity index (χ4n) is 2.49. The van der Waals surface area contributed by atoms with E-state index in [0.717, 1.165) is 5.56 Å². The van der Waals surface area contributed by atoms with E-state index in [4.69, 9.17) is 4.74 Å². The maximum absolute atomic E-state index is 12.5. The Hall–Kier alpha value is -2.89. The molecular weight excluding hydrogens is 308 g/mol. The second kappa shape index (κ2) is 7.59. The highest BCUT2D eigenvalue weighted by atomic mass is 16.6. The number of amides is 1. The number of nitrogens with zero attached hydrogens (tertiary/aromatic N) is 1. The largest absolute Gasteiger partial charge is 0.490 e. The molecule has 0 radical (unpaired) electrons. The van der Waals surface area contributed by atoms with Crippen molar-refractivity contribution in [3.05, 3.63) is 69.8 Å². The van der Waals surface area contributed by atoms with Gasteiger partial charge in [-0.1, -0.05) is 44.2 Å². The number of carbonyl (C=O) groups is 1. The summed E-state index contributed by atoms with van der Waals surface area (Å²) in [5, 5.41) is 14.1. The van der Waals surface area contributed by atoms with Crippen LogP contribution >= 0.6 is 0 Å². The molecule has 0 bridgehead atoms. The van der Waals surface area contributed by atoms with E-state index >= 15 is 0 Å². The topological polar surface area (TPSA) is 81.5 Å². The monoisotopic (exact) mass is 328 g/mol. The van der Waals surface area contributed by atoms with E-state index in [-0.39, 0.29) is 34.9 Å². The molecule has 0 saturated carbocycles. The average molecular weight is 328 g/mol. The molecule has 2 aromatic carbocycles. The standard InChI is InChI=1S/C18H20N2O4/c1-12(2)17(13-7-5-4-6-8-13)19-18(21)14-9-10-16(24-3)15(11-14)20(22)23/h4-12,17H,1-3H3,(H,19,21). The van der Waals surface area contributed by atoms with Crippen molar-refractivity contribution in [1.82, 2.24) is 5.32 Å². The lowest BCUT2D eigenvalue weighted by Crippen LogP contribution is -2.31. The molecule has 6 nitrogen and oxygen atoms in total. The van der Waals surface area contributed by atoms with Gasteiger partial charge in [0.1, 0.15) is 0 Å². The molecule has 0 fully saturated rings. The maximum Gasteiger partial charge on any atom is 0.311 e. The number of ether oxygens (including phenoxy) is 1. The van der Waals surface area contributed by atoms with Crippen molar-refractivity contribution in [2.45, 2.75) is 19.9 Å². The first-order valence-corrected chi connectivity index (χ1v) is 7.62. The van der Waals surface area contributed by atoms with E-state index in [1.165, 1.54) is 25.3 Å². The summed E-state index contributed by atoms with van der Waals surface area (Å²) >= 11 is 0. The van der Waals surface area contributed by atoms with Crippen LogP contribution in [0, 0.1) is 16.0 Å². The first-order chi connectivity index (χ1) is 11.4. The SMILES string of the molecule is COc1ccc(C(=O)NC(c2ccccc2)C(C)C)cc1[N+](=O)[O-]. The molecule has 0 saturated heterocycles. The highest BCUT2D eigenvalue weighted by molar-refractivity contribution is 5.95. The van der Waals surface area contributed by atoms with E-state index in [9.17, 15) is 14.9 Å². The highest BCUT2D eigenvalue weighted by Gasteiger charge is 2.22. The van der Waals surface area contributed by atoms with Crippen molar-refractivity contribution >= 4 is 11.6 Å². The van der Waals surface area contributed by atoms with Gasteiger partial charge in [0, 0.05) is 11.6 Å². The van der Waals surface area contributed by atoms with Gasteiger partial charge in [-0.2, -0.15) is 0 Å². The zero-order valence-corrected chi connectivity index (χ0v) is 13.9. The molecule has 0 aliphatic carbocycles. The molecule has 1 N–H and O–H groups in total. The highest BCUT2D eigenvalue weighted by Crippen LogP contribution is 2.28. The van der Waals surface area contributed by atoms with Crippen molar-refractivity contribution in [2.75, 3.05) is 7.11 Å². The molecule has 6 heteroatoms. The second-order valence-electron chi connectivity index (χ2n) is 5.75. The van der Waals surface area contributed by atoms with Crippen LogP contribution in [-0.4, -0.2) is 17.9 Å². The first-order valence-electron chi connectivity index (χ1n) is 7.62. The summed E-state index contributed by atoms with van der Waals surface area (Å²) in [4.78, 5) is 23.1. The number of hydrogen-bond donors (Lipinski definition) is 1. The second-order valence-corrected chi connectivity index (χ2v) is 5.75. The van der Waals surface area contributed by atoms with E-state index in [0.29, 0.717) is 0 Å². The number of hydrogen-bond acceptors (Lipinski definition) is 4. The Morgan fingerprint density at radius 3 is 2.38 bits per heavy atom. The van der Waals surface area contributed by atoms with Crippen LogP contribution in [0.15, 0.2) is 48.5 Å². The number of nitro benzene ring substituents is 1. The minimum atomic E-state index is -0.563. The molecule has 1 atom stereocenters. The number of rotatable bonds is 6. The van der Waals surface area contributed by atoms with Gasteiger partial charge in [0.15, 0.2) is 5.75 Å². The quantitative estimate of drug-likeness (QED) is 0.647. The smallest absolute Gasteiger partial charge is 0.311 e. The normalized spacial score (nSPS) is 11.8. The third kappa shape index (κ3) is 3.90. The van der Waals surface area contributed by atoms with Crippen LogP contribution in [-0.2, 0) is 0 Å². The Morgan fingerprint density at radius 2 is 1.83 bits per heavy atom. The van der Waals surface area contributed by atoms with Crippen molar-refractivity contribution < 1.29 is 14.5 Å². The molecule has 24 heavy (non-hydrogen) atoms. The molecule has 1 unspecified atom stereocenters. The number of nitrogens with one attached hydrogen (secondary N) is 1. The number of benzene rings is 2. The summed E-state index contributed by atoms with van der Waals surface area (Å²) in [6.45, 7) is 4.02. The lowest BCUT2D eigenvalue weighted by atomic mass is 9.95. The Balaban J connectivity index is 2.28. The Morgan fingerprint density at radius 1 is 1.17 bits per heavy atom. The Labute approximate surface area is 140 Å². The van der Waals surface area contributed by atoms with Gasteiger partial charge in [-0.3, -0.25) is 14.9 Å². The fraction of sp³-hybridized carbons (Fsp3) is 0.278. The van der Waals surface area contributed by atoms with Crippen molar-refractivity contribution in [1.29, 1.82) is 0 Å². The molecule has 126 valence electrons. The van der Waals surface area contributed by atoms with E-state index in [1.807, 2.05) is 44.2 Å². The Bertz CT molecular complexity index is 729. The summed E-state index contributed by atoms with van der Waals surface area (Å²) < 4.78 is 4.96. The van der Waals surface area contributed by atoms with Gasteiger partial charge in [-0.05, 0) is 23.6 Å². The van der Waals surface area contributed by atoms with Gasteiger partial charge in [-0.15, -0.1) is 0 Å². The third-order valence-electron chi connectivity index (χ3n) is 3.75. The molecule has 0 aliphatic rings. The average Bonchev–Trinajstić information content (AvgIpc) is 2.59. The van der Waals surface area contributed by atoms with Crippen LogP contribution in [0.4, 0.5) is 5.69 Å². The predicted octanol–water partition coefficient (Wildman–Crippen LogP) is 3.73. The van der Waals surface area contributed by atoms with Gasteiger partial charge in [0.25, 0.3) is 5.91 Å². The molecule has 1 amide bonds. The van der Waals surface area contributed by atoms with Gasteiger partial charge in [0.2, 0.25) is 0 Å². The van der Waals surface area contributed by atoms with Crippen LogP contribution < -0.4 is 10.1 Å². The van der Waals surface area contributed by atoms with Gasteiger partial charge in [0.05, 0.1) is 18.1 Å². The molecule has 2 aromatic rings. The molecular formula is C18H20N2O4. The summed E-state index contributed by atoms with van der Waals surface area (Å²) in [5.74, 6) is -0.0621. The number of carbonyl (C=O) groups excluding carboxylic acids is 1. The number of nitro groups is 1. The van der Waals surface area contributed by atoms with Gasteiger partial charge in [-0.25, -0.2) is 0 Å². The first kappa shape index (κ1) is 17.5. The van der Waals surface area contributed by atoms with Crippen molar-refractivity contribution in [3.8, 4) is 5.75 Å². The summed E-state index contributed by atoms with van der Waals surface area (Å²) in [6, 6.07) is 13.6. The lowest BCUT2D eigenvalue weighted by molar-refractivity contribution is -0.385. The van der Waals surface area contributed by atoms with Gasteiger partial charge < -0.3 is 10.1 Å². The minimum Gasteiger partial charge on any atom is -0.490 e. The van der Waals surface area contributed by atoms with Crippen molar-refractivity contribution in [3.63, 3.8) is 0 Å². The maximum atomic E-state index is 12.5. The zero-order valence-electron chi connectivity index (χ0n) is 13.9. The molecule has 0 spiro atoms. The molecule has 0 heterocycles. The lowest BCUT2D eigenvalue weighted by Gasteiger charge is -2.23. The zero-order chi connectivity index (χ0) is 17.7. The molecule has 0 aliphatic heterocycles. The van der Waals surface area contributed by atoms with Crippen LogP contribution in [0.25, 0.3) is 0 Å². The predicted molar refractivity (Wildman–Crippen MR) is 91.1 cm³/mol. The molecule has 2 rings (SSSR count). The number of methoxy groups -OCH3 is 1. The van der Waals surface area contributed by atoms with E-state index in [1.54, 1.807) is 0 Å². The van der Waals surface area contributed by atoms with Crippen molar-refractivity contribution in [2.24, 2.45) is 5.92 Å². The summed E-state index contributed by atoms with van der Waals surface area (Å²) in [6.07, 6.45) is 0. The van der Waals surface area contributed by atoms with Gasteiger partial charge >= 0.3 is 5.69 Å². The van der Waals surface area contributed by atoms with E-state index < -0.39 is 4.92 Å².